The van der Waals surface area contributed by atoms with E-state index in [1.165, 1.54) is 49.2 Å². The van der Waals surface area contributed by atoms with Crippen LogP contribution < -0.4 is 10.5 Å². The Bertz CT molecular complexity index is 869. The number of nitrogens with zero attached hydrogens (tertiary/aromatic N) is 3. The number of aryl methyl sites for hydroxylation is 1. The Balaban J connectivity index is 1.34. The summed E-state index contributed by atoms with van der Waals surface area (Å²) in [6.07, 6.45) is 11.5. The third-order valence-electron chi connectivity index (χ3n) is 6.72. The van der Waals surface area contributed by atoms with E-state index in [4.69, 9.17) is 10.5 Å². The van der Waals surface area contributed by atoms with Crippen molar-refractivity contribution in [1.29, 1.82) is 0 Å². The summed E-state index contributed by atoms with van der Waals surface area (Å²) in [5.41, 5.74) is 6.71. The van der Waals surface area contributed by atoms with Crippen molar-refractivity contribution in [3.63, 3.8) is 0 Å². The van der Waals surface area contributed by atoms with Crippen molar-refractivity contribution in [1.82, 2.24) is 14.9 Å². The van der Waals surface area contributed by atoms with Gasteiger partial charge in [-0.25, -0.2) is 9.97 Å². The molecule has 1 saturated carbocycles. The highest BCUT2D eigenvalue weighted by atomic mass is 32.1. The Hall–Kier alpha value is -1.73. The lowest BCUT2D eigenvalue weighted by molar-refractivity contribution is -0.118. The molecule has 7 heteroatoms. The highest BCUT2D eigenvalue weighted by molar-refractivity contribution is 7.19. The van der Waals surface area contributed by atoms with E-state index in [-0.39, 0.29) is 17.9 Å². The largest absolute Gasteiger partial charge is 0.474 e. The molecule has 2 fully saturated rings. The highest BCUT2D eigenvalue weighted by Gasteiger charge is 2.33. The molecule has 0 aromatic carbocycles. The van der Waals surface area contributed by atoms with Crippen molar-refractivity contribution in [2.45, 2.75) is 75.9 Å². The summed E-state index contributed by atoms with van der Waals surface area (Å²) in [5, 5.41) is 1.04. The van der Waals surface area contributed by atoms with Gasteiger partial charge in [0.2, 0.25) is 11.8 Å². The van der Waals surface area contributed by atoms with Crippen LogP contribution in [0.1, 0.15) is 67.7 Å². The van der Waals surface area contributed by atoms with E-state index < -0.39 is 0 Å². The number of thiophene rings is 1. The van der Waals surface area contributed by atoms with Crippen LogP contribution in [-0.2, 0) is 11.2 Å². The third kappa shape index (κ3) is 3.39. The van der Waals surface area contributed by atoms with Gasteiger partial charge in [-0.2, -0.15) is 0 Å². The molecular formula is C21H28N4O2S. The second kappa shape index (κ2) is 7.59. The zero-order valence-corrected chi connectivity index (χ0v) is 17.0. The number of likely N-dealkylation sites (tertiary alicyclic amines) is 1. The van der Waals surface area contributed by atoms with E-state index in [2.05, 4.69) is 14.9 Å². The average molecular weight is 401 g/mol. The molecule has 2 N–H and O–H groups in total. The fourth-order valence-electron chi connectivity index (χ4n) is 5.37. The first-order chi connectivity index (χ1) is 13.7. The Labute approximate surface area is 169 Å². The number of aromatic nitrogens is 2. The number of carbonyl (C=O) groups excluding carboxylic acids is 1. The van der Waals surface area contributed by atoms with Gasteiger partial charge in [-0.3, -0.25) is 4.79 Å². The van der Waals surface area contributed by atoms with Crippen LogP contribution in [0.4, 0.5) is 0 Å². The van der Waals surface area contributed by atoms with Gasteiger partial charge >= 0.3 is 0 Å². The molecule has 3 heterocycles. The third-order valence-corrected chi connectivity index (χ3v) is 7.90. The number of rotatable bonds is 5. The van der Waals surface area contributed by atoms with Gasteiger partial charge in [0.05, 0.1) is 5.39 Å². The Morgan fingerprint density at radius 1 is 1.18 bits per heavy atom. The molecule has 5 rings (SSSR count). The molecule has 2 aliphatic carbocycles. The van der Waals surface area contributed by atoms with E-state index in [1.54, 1.807) is 17.7 Å². The number of fused-ring (bicyclic) bond motifs is 3. The fourth-order valence-corrected chi connectivity index (χ4v) is 6.60. The van der Waals surface area contributed by atoms with Crippen molar-refractivity contribution in [2.24, 2.45) is 5.73 Å². The predicted molar refractivity (Wildman–Crippen MR) is 110 cm³/mol. The van der Waals surface area contributed by atoms with E-state index in [0.29, 0.717) is 12.3 Å². The lowest BCUT2D eigenvalue weighted by atomic mass is 9.92. The molecule has 3 aliphatic rings. The van der Waals surface area contributed by atoms with Crippen molar-refractivity contribution in [3.05, 3.63) is 16.8 Å². The first-order valence-electron chi connectivity index (χ1n) is 10.6. The molecule has 6 nitrogen and oxygen atoms in total. The summed E-state index contributed by atoms with van der Waals surface area (Å²) < 4.78 is 6.44. The summed E-state index contributed by atoms with van der Waals surface area (Å²) in [6.45, 7) is 2.54. The second-order valence-corrected chi connectivity index (χ2v) is 9.58. The number of primary amides is 1. The minimum Gasteiger partial charge on any atom is -0.474 e. The van der Waals surface area contributed by atoms with Gasteiger partial charge in [0.25, 0.3) is 0 Å². The number of carbonyl (C=O) groups is 1. The van der Waals surface area contributed by atoms with Gasteiger partial charge in [0.1, 0.15) is 17.3 Å². The van der Waals surface area contributed by atoms with Gasteiger partial charge in [0, 0.05) is 17.3 Å². The zero-order valence-electron chi connectivity index (χ0n) is 16.2. The Morgan fingerprint density at radius 2 is 1.96 bits per heavy atom. The predicted octanol–water partition coefficient (Wildman–Crippen LogP) is 3.38. The number of hydrogen-bond donors (Lipinski definition) is 1. The molecule has 150 valence electrons. The molecule has 1 amide bonds. The van der Waals surface area contributed by atoms with E-state index in [9.17, 15) is 4.79 Å². The molecule has 0 radical (unpaired) electrons. The summed E-state index contributed by atoms with van der Waals surface area (Å²) >= 11 is 1.72. The molecule has 2 aromatic rings. The number of nitrogens with two attached hydrogens (primary N) is 1. The van der Waals surface area contributed by atoms with Crippen LogP contribution in [-0.4, -0.2) is 46.0 Å². The standard InChI is InChI=1S/C21H28N4O2S/c22-17(26)11-13-3-8-16-18(13)19-20(23-12-24-21(19)28-16)27-15-6-4-14(5-7-15)25-9-1-2-10-25/h12-15H,1-11H2,(H2,22,26)/t13-,14?,15?/m1/s1. The Morgan fingerprint density at radius 3 is 2.71 bits per heavy atom. The lowest BCUT2D eigenvalue weighted by Gasteiger charge is -2.34. The monoisotopic (exact) mass is 400 g/mol. The van der Waals surface area contributed by atoms with Crippen molar-refractivity contribution in [2.75, 3.05) is 13.1 Å². The van der Waals surface area contributed by atoms with Crippen molar-refractivity contribution >= 4 is 27.5 Å². The first kappa shape index (κ1) is 18.3. The van der Waals surface area contributed by atoms with Crippen molar-refractivity contribution in [3.8, 4) is 5.88 Å². The molecule has 1 atom stereocenters. The Kier molecular flexibility index (Phi) is 4.97. The summed E-state index contributed by atoms with van der Waals surface area (Å²) in [4.78, 5) is 25.5. The first-order valence-corrected chi connectivity index (χ1v) is 11.5. The van der Waals surface area contributed by atoms with E-state index >= 15 is 0 Å². The molecule has 0 spiro atoms. The van der Waals surface area contributed by atoms with E-state index in [1.807, 2.05) is 0 Å². The lowest BCUT2D eigenvalue weighted by Crippen LogP contribution is -2.38. The molecular weight excluding hydrogens is 372 g/mol. The van der Waals surface area contributed by atoms with Crippen LogP contribution in [0, 0.1) is 0 Å². The summed E-state index contributed by atoms with van der Waals surface area (Å²) in [7, 11) is 0. The van der Waals surface area contributed by atoms with Gasteiger partial charge < -0.3 is 15.4 Å². The molecule has 2 aromatic heterocycles. The molecule has 0 bridgehead atoms. The van der Waals surface area contributed by atoms with Gasteiger partial charge in [-0.15, -0.1) is 11.3 Å². The minimum atomic E-state index is -0.239. The maximum absolute atomic E-state index is 11.5. The normalized spacial score (nSPS) is 27.9. The molecule has 1 aliphatic heterocycles. The minimum absolute atomic E-state index is 0.181. The van der Waals surface area contributed by atoms with Gasteiger partial charge in [0.15, 0.2) is 0 Å². The number of amides is 1. The summed E-state index contributed by atoms with van der Waals surface area (Å²) in [6, 6.07) is 0.734. The van der Waals surface area contributed by atoms with Crippen LogP contribution in [0.5, 0.6) is 5.88 Å². The second-order valence-electron chi connectivity index (χ2n) is 8.50. The highest BCUT2D eigenvalue weighted by Crippen LogP contribution is 2.47. The topological polar surface area (TPSA) is 81.3 Å². The molecule has 1 saturated heterocycles. The maximum atomic E-state index is 11.5. The maximum Gasteiger partial charge on any atom is 0.225 e. The average Bonchev–Trinajstić information content (AvgIpc) is 3.40. The fraction of sp³-hybridized carbons (Fsp3) is 0.667. The van der Waals surface area contributed by atoms with Crippen molar-refractivity contribution < 1.29 is 9.53 Å². The number of ether oxygens (including phenoxy) is 1. The zero-order chi connectivity index (χ0) is 19.1. The van der Waals surface area contributed by atoms with Gasteiger partial charge in [-0.1, -0.05) is 0 Å². The quantitative estimate of drug-likeness (QED) is 0.832. The van der Waals surface area contributed by atoms with E-state index in [0.717, 1.165) is 41.9 Å². The molecule has 28 heavy (non-hydrogen) atoms. The van der Waals surface area contributed by atoms with Crippen LogP contribution in [0.25, 0.3) is 10.2 Å². The molecule has 0 unspecified atom stereocenters. The van der Waals surface area contributed by atoms with Crippen LogP contribution >= 0.6 is 11.3 Å². The SMILES string of the molecule is NC(=O)C[C@H]1CCc2sc3ncnc(OC4CCC(N5CCCC5)CC4)c3c21. The summed E-state index contributed by atoms with van der Waals surface area (Å²) in [5.74, 6) is 0.653. The van der Waals surface area contributed by atoms with Crippen LogP contribution in [0.3, 0.4) is 0 Å². The van der Waals surface area contributed by atoms with Crippen LogP contribution in [0.15, 0.2) is 6.33 Å². The van der Waals surface area contributed by atoms with Gasteiger partial charge in [-0.05, 0) is 75.9 Å². The van der Waals surface area contributed by atoms with Crippen LogP contribution in [0.2, 0.25) is 0 Å². The number of hydrogen-bond acceptors (Lipinski definition) is 6. The smallest absolute Gasteiger partial charge is 0.225 e.